The van der Waals surface area contributed by atoms with E-state index < -0.39 is 0 Å². The van der Waals surface area contributed by atoms with Gasteiger partial charge in [0.1, 0.15) is 0 Å². The van der Waals surface area contributed by atoms with E-state index in [1.54, 1.807) is 0 Å². The van der Waals surface area contributed by atoms with Crippen LogP contribution in [0.1, 0.15) is 0 Å². The summed E-state index contributed by atoms with van der Waals surface area (Å²) in [7, 11) is 0. The molecule has 0 bridgehead atoms. The highest BCUT2D eigenvalue weighted by molar-refractivity contribution is 6.22. The fraction of sp³-hybridized carbons (Fsp3) is 0. The molecule has 0 N–H and O–H groups in total. The molecule has 4 heterocycles. The highest BCUT2D eigenvalue weighted by atomic mass is 15.2. The molecule has 0 atom stereocenters. The molecule has 0 fully saturated rings. The van der Waals surface area contributed by atoms with Crippen LogP contribution in [0.4, 0.5) is 0 Å². The van der Waals surface area contributed by atoms with Crippen molar-refractivity contribution in [2.24, 2.45) is 0 Å². The monoisotopic (exact) mass is 853 g/mol. The van der Waals surface area contributed by atoms with Gasteiger partial charge in [0.15, 0.2) is 0 Å². The lowest BCUT2D eigenvalue weighted by molar-refractivity contribution is 1.01. The number of rotatable bonds is 6. The molecule has 0 unspecified atom stereocenters. The zero-order valence-electron chi connectivity index (χ0n) is 36.3. The first-order valence-corrected chi connectivity index (χ1v) is 22.8. The van der Waals surface area contributed by atoms with Crippen LogP contribution < -0.4 is 0 Å². The van der Waals surface area contributed by atoms with Gasteiger partial charge in [-0.2, -0.15) is 0 Å². The van der Waals surface area contributed by atoms with Crippen LogP contribution in [0.15, 0.2) is 237 Å². The van der Waals surface area contributed by atoms with Crippen molar-refractivity contribution in [3.63, 3.8) is 0 Å². The molecule has 0 amide bonds. The predicted molar refractivity (Wildman–Crippen MR) is 279 cm³/mol. The van der Waals surface area contributed by atoms with Crippen LogP contribution in [-0.4, -0.2) is 23.7 Å². The van der Waals surface area contributed by atoms with Gasteiger partial charge in [0.25, 0.3) is 0 Å². The Bertz CT molecular complexity index is 4240. The van der Waals surface area contributed by atoms with Crippen molar-refractivity contribution in [1.29, 1.82) is 0 Å². The van der Waals surface area contributed by atoms with Gasteiger partial charge in [-0.05, 0) is 100 Å². The molecule has 5 heteroatoms. The normalized spacial score (nSPS) is 11.9. The van der Waals surface area contributed by atoms with Gasteiger partial charge in [0.2, 0.25) is 5.95 Å². The molecule has 0 saturated carbocycles. The van der Waals surface area contributed by atoms with Gasteiger partial charge in [0, 0.05) is 43.9 Å². The fourth-order valence-electron chi connectivity index (χ4n) is 10.7. The van der Waals surface area contributed by atoms with Crippen molar-refractivity contribution < 1.29 is 0 Å². The van der Waals surface area contributed by atoms with E-state index in [1.807, 2.05) is 0 Å². The average molecular weight is 854 g/mol. The molecular formula is C62H39N5. The number of hydrogen-bond acceptors (Lipinski definition) is 2. The Morgan fingerprint density at radius 2 is 0.851 bits per heavy atom. The zero-order valence-corrected chi connectivity index (χ0v) is 36.3. The molecule has 0 aliphatic rings. The first-order chi connectivity index (χ1) is 33.2. The first-order valence-electron chi connectivity index (χ1n) is 22.8. The van der Waals surface area contributed by atoms with E-state index in [-0.39, 0.29) is 0 Å². The summed E-state index contributed by atoms with van der Waals surface area (Å²) in [6, 6.07) is 84.9. The van der Waals surface area contributed by atoms with Crippen LogP contribution in [0.2, 0.25) is 0 Å². The summed E-state index contributed by atoms with van der Waals surface area (Å²) in [6.07, 6.45) is 0. The van der Waals surface area contributed by atoms with Gasteiger partial charge in [0.05, 0.1) is 49.9 Å². The van der Waals surface area contributed by atoms with E-state index in [9.17, 15) is 0 Å². The second kappa shape index (κ2) is 14.7. The molecule has 10 aromatic carbocycles. The second-order valence-electron chi connectivity index (χ2n) is 17.4. The van der Waals surface area contributed by atoms with Crippen molar-refractivity contribution in [3.8, 4) is 51.0 Å². The third kappa shape index (κ3) is 5.75. The highest BCUT2D eigenvalue weighted by Gasteiger charge is 2.24. The minimum absolute atomic E-state index is 0.630. The Morgan fingerprint density at radius 1 is 0.299 bits per heavy atom. The molecule has 14 rings (SSSR count). The second-order valence-corrected chi connectivity index (χ2v) is 17.4. The Kier molecular flexibility index (Phi) is 8.21. The van der Waals surface area contributed by atoms with Crippen molar-refractivity contribution in [1.82, 2.24) is 23.7 Å². The Balaban J connectivity index is 1.03. The molecule has 0 radical (unpaired) electrons. The van der Waals surface area contributed by atoms with E-state index in [0.717, 1.165) is 77.7 Å². The van der Waals surface area contributed by atoms with Gasteiger partial charge in [-0.15, -0.1) is 0 Å². The topological polar surface area (TPSA) is 40.6 Å². The smallest absolute Gasteiger partial charge is 0.235 e. The number of para-hydroxylation sites is 3. The average Bonchev–Trinajstić information content (AvgIpc) is 4.07. The molecule has 0 spiro atoms. The third-order valence-corrected chi connectivity index (χ3v) is 13.6. The number of benzene rings is 10. The molecule has 312 valence electrons. The Hall–Kier alpha value is -9.06. The van der Waals surface area contributed by atoms with Gasteiger partial charge in [-0.3, -0.25) is 4.57 Å². The minimum Gasteiger partial charge on any atom is -0.309 e. The van der Waals surface area contributed by atoms with Crippen molar-refractivity contribution in [3.05, 3.63) is 237 Å². The molecule has 0 aliphatic heterocycles. The van der Waals surface area contributed by atoms with Crippen molar-refractivity contribution in [2.75, 3.05) is 0 Å². The van der Waals surface area contributed by atoms with Gasteiger partial charge >= 0.3 is 0 Å². The van der Waals surface area contributed by atoms with Crippen LogP contribution in [0.3, 0.4) is 0 Å². The quantitative estimate of drug-likeness (QED) is 0.167. The number of hydrogen-bond donors (Lipinski definition) is 0. The van der Waals surface area contributed by atoms with Gasteiger partial charge in [-0.1, -0.05) is 164 Å². The van der Waals surface area contributed by atoms with E-state index >= 15 is 0 Å². The van der Waals surface area contributed by atoms with E-state index in [4.69, 9.17) is 9.97 Å². The number of aromatic nitrogens is 5. The standard InChI is InChI=1S/C62H39N5/c1-5-18-41(19-6-1)57-39-45-29-33-52-59(61(45)66(57)47-24-11-4-12-25-47)60(42-20-7-2-8-21-42)64-62(63-52)67-55-35-32-44(38-51(55)58-48-26-14-13-17-40(48)30-36-56(58)67)43-31-34-54-50(37-43)49-27-15-16-28-53(49)65(54)46-22-9-3-10-23-46/h1-39H. The highest BCUT2D eigenvalue weighted by Crippen LogP contribution is 2.43. The van der Waals surface area contributed by atoms with Gasteiger partial charge < -0.3 is 9.13 Å². The summed E-state index contributed by atoms with van der Waals surface area (Å²) in [4.78, 5) is 11.2. The molecule has 4 aromatic heterocycles. The molecule has 67 heavy (non-hydrogen) atoms. The van der Waals surface area contributed by atoms with Crippen molar-refractivity contribution >= 4 is 76.2 Å². The molecule has 0 aliphatic carbocycles. The molecule has 14 aromatic rings. The lowest BCUT2D eigenvalue weighted by atomic mass is 9.99. The summed E-state index contributed by atoms with van der Waals surface area (Å²) < 4.78 is 7.03. The number of nitrogens with zero attached hydrogens (tertiary/aromatic N) is 5. The van der Waals surface area contributed by atoms with Crippen LogP contribution in [0.5, 0.6) is 0 Å². The summed E-state index contributed by atoms with van der Waals surface area (Å²) in [5.41, 5.74) is 15.2. The summed E-state index contributed by atoms with van der Waals surface area (Å²) in [6.45, 7) is 0. The maximum Gasteiger partial charge on any atom is 0.235 e. The summed E-state index contributed by atoms with van der Waals surface area (Å²) in [5, 5.41) is 9.33. The van der Waals surface area contributed by atoms with E-state index in [0.29, 0.717) is 5.95 Å². The summed E-state index contributed by atoms with van der Waals surface area (Å²) >= 11 is 0. The maximum atomic E-state index is 5.67. The first kappa shape index (κ1) is 37.3. The van der Waals surface area contributed by atoms with Gasteiger partial charge in [-0.25, -0.2) is 9.97 Å². The third-order valence-electron chi connectivity index (χ3n) is 13.6. The van der Waals surface area contributed by atoms with Crippen LogP contribution in [-0.2, 0) is 0 Å². The summed E-state index contributed by atoms with van der Waals surface area (Å²) in [5.74, 6) is 0.630. The Morgan fingerprint density at radius 3 is 1.58 bits per heavy atom. The van der Waals surface area contributed by atoms with Crippen molar-refractivity contribution in [2.45, 2.75) is 0 Å². The maximum absolute atomic E-state index is 5.67. The van der Waals surface area contributed by atoms with Crippen LogP contribution in [0, 0.1) is 0 Å². The van der Waals surface area contributed by atoms with E-state index in [2.05, 4.69) is 250 Å². The Labute approximate surface area is 385 Å². The largest absolute Gasteiger partial charge is 0.309 e. The number of fused-ring (bicyclic) bond motifs is 11. The molecular weight excluding hydrogens is 815 g/mol. The molecule has 0 saturated heterocycles. The lowest BCUT2D eigenvalue weighted by Crippen LogP contribution is -2.05. The van der Waals surface area contributed by atoms with Crippen LogP contribution >= 0.6 is 0 Å². The lowest BCUT2D eigenvalue weighted by Gasteiger charge is -2.16. The van der Waals surface area contributed by atoms with E-state index in [1.165, 1.54) is 43.5 Å². The zero-order chi connectivity index (χ0) is 44.0. The minimum atomic E-state index is 0.630. The predicted octanol–water partition coefficient (Wildman–Crippen LogP) is 15.9. The SMILES string of the molecule is c1ccc(-c2nc(-n3c4ccc(-c5ccc6c(c5)c5ccccc5n6-c5ccccc5)cc4c4c5ccccc5ccc43)nc3ccc4cc(-c5ccccc5)n(-c5ccccc5)c4c23)cc1. The van der Waals surface area contributed by atoms with Crippen LogP contribution in [0.25, 0.3) is 127 Å². The molecule has 5 nitrogen and oxygen atoms in total. The fourth-order valence-corrected chi connectivity index (χ4v) is 10.7.